The van der Waals surface area contributed by atoms with Crippen LogP contribution >= 0.6 is 0 Å². The van der Waals surface area contributed by atoms with Crippen LogP contribution < -0.4 is 6.15 Å². The standard InChI is InChI=1S/C4H8O.H3N.H2O/c1-2-4-5-3-1;;/h1-4H2;1H3;1H2. The summed E-state index contributed by atoms with van der Waals surface area (Å²) < 4.78 is 4.94. The molecule has 7 heavy (non-hydrogen) atoms. The highest BCUT2D eigenvalue weighted by molar-refractivity contribution is 4.43. The lowest BCUT2D eigenvalue weighted by molar-refractivity contribution is 0.198. The highest BCUT2D eigenvalue weighted by atomic mass is 16.5. The Morgan fingerprint density at radius 1 is 1.00 bits per heavy atom. The summed E-state index contributed by atoms with van der Waals surface area (Å²) in [5, 5.41) is 0. The van der Waals surface area contributed by atoms with Crippen molar-refractivity contribution in [1.29, 1.82) is 0 Å². The van der Waals surface area contributed by atoms with Gasteiger partial charge in [0.15, 0.2) is 0 Å². The molecule has 1 rings (SSSR count). The molecule has 1 fully saturated rings. The van der Waals surface area contributed by atoms with E-state index < -0.39 is 0 Å². The van der Waals surface area contributed by atoms with Crippen molar-refractivity contribution < 1.29 is 10.2 Å². The Morgan fingerprint density at radius 3 is 1.57 bits per heavy atom. The summed E-state index contributed by atoms with van der Waals surface area (Å²) >= 11 is 0. The van der Waals surface area contributed by atoms with E-state index in [1.165, 1.54) is 12.8 Å². The zero-order valence-electron chi connectivity index (χ0n) is 4.44. The third-order valence-corrected chi connectivity index (χ3v) is 0.827. The quantitative estimate of drug-likeness (QED) is 0.477. The first-order chi connectivity index (χ1) is 2.50. The average molecular weight is 107 g/mol. The first kappa shape index (κ1) is 9.99. The maximum atomic E-state index is 4.94. The zero-order chi connectivity index (χ0) is 3.54. The fraction of sp³-hybridized carbons (Fsp3) is 1.00. The minimum atomic E-state index is 0. The topological polar surface area (TPSA) is 75.7 Å². The Kier molecular flexibility index (Phi) is 8.39. The molecule has 1 saturated heterocycles. The Morgan fingerprint density at radius 2 is 1.43 bits per heavy atom. The molecule has 46 valence electrons. The van der Waals surface area contributed by atoms with E-state index in [4.69, 9.17) is 4.74 Å². The van der Waals surface area contributed by atoms with Crippen molar-refractivity contribution in [3.05, 3.63) is 0 Å². The second-order valence-corrected chi connectivity index (χ2v) is 1.32. The van der Waals surface area contributed by atoms with Crippen LogP contribution in [-0.2, 0) is 4.74 Å². The molecular formula is C4H13NO2. The summed E-state index contributed by atoms with van der Waals surface area (Å²) in [4.78, 5) is 0. The minimum absolute atomic E-state index is 0. The first-order valence-corrected chi connectivity index (χ1v) is 2.08. The molecule has 1 heterocycles. The maximum absolute atomic E-state index is 4.94. The molecule has 0 aromatic heterocycles. The van der Waals surface area contributed by atoms with Crippen LogP contribution in [0.3, 0.4) is 0 Å². The van der Waals surface area contributed by atoms with Gasteiger partial charge in [-0.15, -0.1) is 0 Å². The molecule has 1 aliphatic heterocycles. The van der Waals surface area contributed by atoms with E-state index in [1.807, 2.05) is 0 Å². The van der Waals surface area contributed by atoms with Crippen molar-refractivity contribution in [2.75, 3.05) is 13.2 Å². The number of hydrogen-bond donors (Lipinski definition) is 1. The fourth-order valence-corrected chi connectivity index (χ4v) is 0.510. The first-order valence-electron chi connectivity index (χ1n) is 2.08. The van der Waals surface area contributed by atoms with Gasteiger partial charge in [-0.25, -0.2) is 0 Å². The summed E-state index contributed by atoms with van der Waals surface area (Å²) in [5.74, 6) is 0. The van der Waals surface area contributed by atoms with Crippen LogP contribution in [0.25, 0.3) is 0 Å². The van der Waals surface area contributed by atoms with E-state index in [-0.39, 0.29) is 11.6 Å². The molecule has 0 spiro atoms. The molecule has 0 saturated carbocycles. The molecule has 0 aromatic carbocycles. The third-order valence-electron chi connectivity index (χ3n) is 0.827. The SMILES string of the molecule is C1CCOC1.N.O. The molecule has 0 bridgehead atoms. The van der Waals surface area contributed by atoms with E-state index in [2.05, 4.69) is 0 Å². The van der Waals surface area contributed by atoms with Crippen LogP contribution in [0.15, 0.2) is 0 Å². The van der Waals surface area contributed by atoms with Crippen LogP contribution in [0.5, 0.6) is 0 Å². The molecule has 0 aliphatic carbocycles. The van der Waals surface area contributed by atoms with Crippen molar-refractivity contribution in [2.24, 2.45) is 0 Å². The molecular weight excluding hydrogens is 94.0 g/mol. The monoisotopic (exact) mass is 107 g/mol. The second kappa shape index (κ2) is 5.88. The van der Waals surface area contributed by atoms with Gasteiger partial charge >= 0.3 is 0 Å². The van der Waals surface area contributed by atoms with E-state index >= 15 is 0 Å². The Labute approximate surface area is 43.6 Å². The molecule has 3 nitrogen and oxygen atoms in total. The van der Waals surface area contributed by atoms with Gasteiger partial charge < -0.3 is 16.4 Å². The number of hydrogen-bond acceptors (Lipinski definition) is 2. The summed E-state index contributed by atoms with van der Waals surface area (Å²) in [5.41, 5.74) is 0. The van der Waals surface area contributed by atoms with Gasteiger partial charge in [-0.2, -0.15) is 0 Å². The smallest absolute Gasteiger partial charge is 0.0466 e. The minimum Gasteiger partial charge on any atom is -0.412 e. The molecule has 0 unspecified atom stereocenters. The Bertz CT molecular complexity index is 21.3. The Hall–Kier alpha value is -0.120. The van der Waals surface area contributed by atoms with Gasteiger partial charge in [-0.3, -0.25) is 0 Å². The lowest BCUT2D eigenvalue weighted by Crippen LogP contribution is -1.74. The van der Waals surface area contributed by atoms with Crippen molar-refractivity contribution in [3.63, 3.8) is 0 Å². The van der Waals surface area contributed by atoms with Gasteiger partial charge in [0.05, 0.1) is 0 Å². The summed E-state index contributed by atoms with van der Waals surface area (Å²) in [6.07, 6.45) is 2.56. The molecule has 0 amide bonds. The highest BCUT2D eigenvalue weighted by Crippen LogP contribution is 1.98. The fourth-order valence-electron chi connectivity index (χ4n) is 0.510. The van der Waals surface area contributed by atoms with Crippen molar-refractivity contribution in [2.45, 2.75) is 12.8 Å². The van der Waals surface area contributed by atoms with Gasteiger partial charge in [-0.05, 0) is 12.8 Å². The molecule has 0 aromatic rings. The van der Waals surface area contributed by atoms with E-state index in [9.17, 15) is 0 Å². The largest absolute Gasteiger partial charge is 0.412 e. The Balaban J connectivity index is 0. The van der Waals surface area contributed by atoms with Gasteiger partial charge in [0.25, 0.3) is 0 Å². The molecule has 3 heteroatoms. The summed E-state index contributed by atoms with van der Waals surface area (Å²) in [7, 11) is 0. The van der Waals surface area contributed by atoms with Crippen molar-refractivity contribution >= 4 is 0 Å². The van der Waals surface area contributed by atoms with Crippen LogP contribution in [0, 0.1) is 0 Å². The number of rotatable bonds is 0. The van der Waals surface area contributed by atoms with Gasteiger partial charge in [0.2, 0.25) is 0 Å². The lowest BCUT2D eigenvalue weighted by atomic mass is 10.4. The zero-order valence-corrected chi connectivity index (χ0v) is 4.44. The van der Waals surface area contributed by atoms with E-state index in [0.717, 1.165) is 13.2 Å². The maximum Gasteiger partial charge on any atom is 0.0466 e. The van der Waals surface area contributed by atoms with Crippen LogP contribution in [0.1, 0.15) is 12.8 Å². The van der Waals surface area contributed by atoms with Crippen molar-refractivity contribution in [3.8, 4) is 0 Å². The highest BCUT2D eigenvalue weighted by Gasteiger charge is 1.94. The lowest BCUT2D eigenvalue weighted by Gasteiger charge is -1.76. The normalized spacial score (nSPS) is 17.1. The predicted octanol–water partition coefficient (Wildman–Crippen LogP) is 0.134. The summed E-state index contributed by atoms with van der Waals surface area (Å²) in [6, 6.07) is 0. The summed E-state index contributed by atoms with van der Waals surface area (Å²) in [6.45, 7) is 2.00. The second-order valence-electron chi connectivity index (χ2n) is 1.32. The predicted molar refractivity (Wildman–Crippen MR) is 28.7 cm³/mol. The molecule has 1 aliphatic rings. The van der Waals surface area contributed by atoms with E-state index in [1.54, 1.807) is 0 Å². The third kappa shape index (κ3) is 3.72. The number of ether oxygens (including phenoxy) is 1. The van der Waals surface area contributed by atoms with Crippen LogP contribution in [0.4, 0.5) is 0 Å². The van der Waals surface area contributed by atoms with Gasteiger partial charge in [0.1, 0.15) is 0 Å². The van der Waals surface area contributed by atoms with Crippen LogP contribution in [0.2, 0.25) is 0 Å². The molecule has 0 atom stereocenters. The van der Waals surface area contributed by atoms with Gasteiger partial charge in [0, 0.05) is 13.2 Å². The van der Waals surface area contributed by atoms with E-state index in [0.29, 0.717) is 0 Å². The van der Waals surface area contributed by atoms with Crippen LogP contribution in [-0.4, -0.2) is 18.7 Å². The van der Waals surface area contributed by atoms with Gasteiger partial charge in [-0.1, -0.05) is 0 Å². The average Bonchev–Trinajstić information content (AvgIpc) is 1.76. The molecule has 5 N–H and O–H groups in total. The molecule has 0 radical (unpaired) electrons. The van der Waals surface area contributed by atoms with Crippen molar-refractivity contribution in [1.82, 2.24) is 6.15 Å².